The van der Waals surface area contributed by atoms with Crippen LogP contribution in [0, 0.1) is 17.0 Å². The number of pyridine rings is 1. The number of halogens is 1. The normalized spacial score (nSPS) is 10.4. The van der Waals surface area contributed by atoms with E-state index in [1.54, 1.807) is 24.3 Å². The summed E-state index contributed by atoms with van der Waals surface area (Å²) in [5, 5.41) is 13.8. The van der Waals surface area contributed by atoms with E-state index in [1.807, 2.05) is 12.1 Å². The highest BCUT2D eigenvalue weighted by Crippen LogP contribution is 2.22. The van der Waals surface area contributed by atoms with Crippen LogP contribution < -0.4 is 5.32 Å². The molecule has 1 N–H and O–H groups in total. The molecule has 0 aliphatic rings. The molecule has 0 amide bonds. The molecule has 0 radical (unpaired) electrons. The molecular formula is C12H12ClN3O2S. The summed E-state index contributed by atoms with van der Waals surface area (Å²) < 4.78 is 0.777. The molecule has 0 saturated heterocycles. The van der Waals surface area contributed by atoms with Crippen LogP contribution >= 0.6 is 22.9 Å². The average molecular weight is 298 g/mol. The Labute approximate surface area is 119 Å². The first-order valence-corrected chi connectivity index (χ1v) is 6.85. The number of anilines is 1. The zero-order valence-electron chi connectivity index (χ0n) is 10.2. The number of nitro groups is 1. The fourth-order valence-corrected chi connectivity index (χ4v) is 2.72. The molecular weight excluding hydrogens is 286 g/mol. The number of aromatic nitrogens is 1. The lowest BCUT2D eigenvalue weighted by Gasteiger charge is -2.05. The molecule has 0 spiro atoms. The second-order valence-electron chi connectivity index (χ2n) is 4.00. The summed E-state index contributed by atoms with van der Waals surface area (Å²) in [7, 11) is 0. The summed E-state index contributed by atoms with van der Waals surface area (Å²) in [6, 6.07) is 5.54. The molecule has 100 valence electrons. The molecule has 0 fully saturated rings. The third-order valence-corrected chi connectivity index (χ3v) is 3.88. The van der Waals surface area contributed by atoms with E-state index >= 15 is 0 Å². The predicted molar refractivity (Wildman–Crippen MR) is 77.2 cm³/mol. The number of hydrogen-bond acceptors (Lipinski definition) is 5. The van der Waals surface area contributed by atoms with Crippen molar-refractivity contribution < 1.29 is 4.92 Å². The van der Waals surface area contributed by atoms with Crippen LogP contribution in [0.1, 0.15) is 10.4 Å². The maximum absolute atomic E-state index is 10.7. The van der Waals surface area contributed by atoms with Crippen LogP contribution in [0.4, 0.5) is 11.5 Å². The number of nitrogens with zero attached hydrogens (tertiary/aromatic N) is 2. The maximum Gasteiger partial charge on any atom is 0.290 e. The Bertz CT molecular complexity index is 600. The van der Waals surface area contributed by atoms with Gasteiger partial charge in [0.05, 0.1) is 9.26 Å². The van der Waals surface area contributed by atoms with Crippen LogP contribution in [0.3, 0.4) is 0 Å². The van der Waals surface area contributed by atoms with Crippen LogP contribution in [-0.2, 0) is 6.42 Å². The molecule has 2 aromatic heterocycles. The second-order valence-corrected chi connectivity index (χ2v) is 5.80. The molecule has 0 aliphatic carbocycles. The largest absolute Gasteiger partial charge is 0.370 e. The van der Waals surface area contributed by atoms with Crippen molar-refractivity contribution in [1.82, 2.24) is 4.98 Å². The van der Waals surface area contributed by atoms with E-state index < -0.39 is 4.92 Å². The van der Waals surface area contributed by atoms with E-state index in [-0.39, 0.29) is 5.69 Å². The van der Waals surface area contributed by atoms with Gasteiger partial charge < -0.3 is 5.32 Å². The molecule has 5 nitrogen and oxygen atoms in total. The molecule has 0 bridgehead atoms. The fraction of sp³-hybridized carbons (Fsp3) is 0.250. The number of nitrogens with one attached hydrogen (secondary N) is 1. The fourth-order valence-electron chi connectivity index (χ4n) is 1.64. The summed E-state index contributed by atoms with van der Waals surface area (Å²) in [5.74, 6) is 0.644. The second kappa shape index (κ2) is 5.99. The Morgan fingerprint density at radius 2 is 2.32 bits per heavy atom. The summed E-state index contributed by atoms with van der Waals surface area (Å²) in [5.41, 5.74) is 0.636. The van der Waals surface area contributed by atoms with Gasteiger partial charge in [0.25, 0.3) is 5.69 Å². The average Bonchev–Trinajstić information content (AvgIpc) is 2.75. The van der Waals surface area contributed by atoms with Gasteiger partial charge in [0.2, 0.25) is 0 Å². The Balaban J connectivity index is 1.93. The summed E-state index contributed by atoms with van der Waals surface area (Å²) >= 11 is 7.39. The van der Waals surface area contributed by atoms with E-state index in [0.29, 0.717) is 17.9 Å². The minimum absolute atomic E-state index is 0.0376. The quantitative estimate of drug-likeness (QED) is 0.675. The van der Waals surface area contributed by atoms with E-state index in [1.165, 1.54) is 11.1 Å². The van der Waals surface area contributed by atoms with Gasteiger partial charge >= 0.3 is 0 Å². The molecule has 19 heavy (non-hydrogen) atoms. The number of rotatable bonds is 5. The maximum atomic E-state index is 10.7. The molecule has 0 saturated carbocycles. The van der Waals surface area contributed by atoms with Crippen LogP contribution in [0.25, 0.3) is 0 Å². The summed E-state index contributed by atoms with van der Waals surface area (Å²) in [6.07, 6.45) is 2.12. The van der Waals surface area contributed by atoms with Gasteiger partial charge in [0.1, 0.15) is 12.0 Å². The molecule has 7 heteroatoms. The molecule has 0 aliphatic heterocycles. The van der Waals surface area contributed by atoms with Crippen LogP contribution in [0.5, 0.6) is 0 Å². The highest BCUT2D eigenvalue weighted by atomic mass is 35.5. The molecule has 0 aromatic carbocycles. The highest BCUT2D eigenvalue weighted by molar-refractivity contribution is 7.16. The molecule has 0 atom stereocenters. The molecule has 0 unspecified atom stereocenters. The van der Waals surface area contributed by atoms with Gasteiger partial charge in [-0.3, -0.25) is 10.1 Å². The van der Waals surface area contributed by atoms with Crippen molar-refractivity contribution >= 4 is 34.4 Å². The van der Waals surface area contributed by atoms with Crippen molar-refractivity contribution in [2.75, 3.05) is 11.9 Å². The molecule has 2 aromatic rings. The Hall–Kier alpha value is -1.66. The SMILES string of the molecule is Cc1cc(NCCc2ccc(Cl)s2)ncc1[N+](=O)[O-]. The van der Waals surface area contributed by atoms with Gasteiger partial charge in [0, 0.05) is 17.0 Å². The van der Waals surface area contributed by atoms with Crippen LogP contribution in [0.15, 0.2) is 24.4 Å². The number of aryl methyl sites for hydroxylation is 1. The van der Waals surface area contributed by atoms with Crippen molar-refractivity contribution in [3.63, 3.8) is 0 Å². The van der Waals surface area contributed by atoms with Gasteiger partial charge in [-0.25, -0.2) is 4.98 Å². The molecule has 2 heterocycles. The van der Waals surface area contributed by atoms with Gasteiger partial charge in [-0.15, -0.1) is 11.3 Å². The lowest BCUT2D eigenvalue weighted by molar-refractivity contribution is -0.385. The van der Waals surface area contributed by atoms with Gasteiger partial charge in [-0.05, 0) is 31.5 Å². The van der Waals surface area contributed by atoms with Crippen LogP contribution in [-0.4, -0.2) is 16.5 Å². The van der Waals surface area contributed by atoms with Crippen molar-refractivity contribution in [3.8, 4) is 0 Å². The van der Waals surface area contributed by atoms with Crippen molar-refractivity contribution in [2.24, 2.45) is 0 Å². The zero-order chi connectivity index (χ0) is 13.8. The zero-order valence-corrected chi connectivity index (χ0v) is 11.8. The predicted octanol–water partition coefficient (Wildman–Crippen LogP) is 3.67. The van der Waals surface area contributed by atoms with Crippen molar-refractivity contribution in [3.05, 3.63) is 49.3 Å². The van der Waals surface area contributed by atoms with E-state index in [9.17, 15) is 10.1 Å². The summed E-state index contributed by atoms with van der Waals surface area (Å²) in [4.78, 5) is 15.5. The topological polar surface area (TPSA) is 68.1 Å². The van der Waals surface area contributed by atoms with E-state index in [2.05, 4.69) is 10.3 Å². The minimum atomic E-state index is -0.431. The van der Waals surface area contributed by atoms with Gasteiger partial charge in [0.15, 0.2) is 0 Å². The van der Waals surface area contributed by atoms with E-state index in [4.69, 9.17) is 11.6 Å². The van der Waals surface area contributed by atoms with Crippen molar-refractivity contribution in [2.45, 2.75) is 13.3 Å². The highest BCUT2D eigenvalue weighted by Gasteiger charge is 2.11. The summed E-state index contributed by atoms with van der Waals surface area (Å²) in [6.45, 7) is 2.41. The smallest absolute Gasteiger partial charge is 0.290 e. The lowest BCUT2D eigenvalue weighted by Crippen LogP contribution is -2.06. The Kier molecular flexibility index (Phi) is 4.34. The van der Waals surface area contributed by atoms with Gasteiger partial charge in [-0.2, -0.15) is 0 Å². The number of hydrogen-bond donors (Lipinski definition) is 1. The Morgan fingerprint density at radius 3 is 2.89 bits per heavy atom. The molecule has 2 rings (SSSR count). The standard InChI is InChI=1S/C12H12ClN3O2S/c1-8-6-12(15-7-10(8)16(17)18)14-5-4-9-2-3-11(13)19-9/h2-3,6-7H,4-5H2,1H3,(H,14,15). The number of thiophene rings is 1. The third-order valence-electron chi connectivity index (χ3n) is 2.59. The van der Waals surface area contributed by atoms with Gasteiger partial charge in [-0.1, -0.05) is 11.6 Å². The third kappa shape index (κ3) is 3.65. The monoisotopic (exact) mass is 297 g/mol. The van der Waals surface area contributed by atoms with Crippen molar-refractivity contribution in [1.29, 1.82) is 0 Å². The minimum Gasteiger partial charge on any atom is -0.370 e. The first-order chi connectivity index (χ1) is 9.06. The first kappa shape index (κ1) is 13.8. The Morgan fingerprint density at radius 1 is 1.53 bits per heavy atom. The van der Waals surface area contributed by atoms with E-state index in [0.717, 1.165) is 10.8 Å². The lowest BCUT2D eigenvalue weighted by atomic mass is 10.2. The first-order valence-electron chi connectivity index (χ1n) is 5.65. The van der Waals surface area contributed by atoms with Crippen LogP contribution in [0.2, 0.25) is 4.34 Å².